The van der Waals surface area contributed by atoms with Crippen molar-refractivity contribution in [3.05, 3.63) is 41.5 Å². The summed E-state index contributed by atoms with van der Waals surface area (Å²) in [5.41, 5.74) is 0.638. The molecule has 6 heteroatoms. The average Bonchev–Trinajstić information content (AvgIpc) is 2.92. The molecule has 0 spiro atoms. The first kappa shape index (κ1) is 22.0. The molecule has 0 radical (unpaired) electrons. The van der Waals surface area contributed by atoms with Crippen molar-refractivity contribution in [1.82, 2.24) is 4.90 Å². The molecular formula is C22H31NO5. The quantitative estimate of drug-likeness (QED) is 0.623. The Kier molecular flexibility index (Phi) is 6.55. The summed E-state index contributed by atoms with van der Waals surface area (Å²) in [7, 11) is 0. The summed E-state index contributed by atoms with van der Waals surface area (Å²) in [4.78, 5) is 25.8. The molecule has 6 nitrogen and oxygen atoms in total. The van der Waals surface area contributed by atoms with Gasteiger partial charge in [0.25, 0.3) is 0 Å². The van der Waals surface area contributed by atoms with Gasteiger partial charge in [0.2, 0.25) is 0 Å². The van der Waals surface area contributed by atoms with E-state index in [1.54, 1.807) is 11.0 Å². The molecule has 0 aromatic heterocycles. The lowest BCUT2D eigenvalue weighted by Crippen LogP contribution is -2.37. The third-order valence-corrected chi connectivity index (χ3v) is 4.05. The number of nitrogens with zero attached hydrogens (tertiary/aromatic N) is 1. The van der Waals surface area contributed by atoms with Crippen LogP contribution in [0.15, 0.2) is 30.3 Å². The number of aliphatic hydroxyl groups is 1. The number of carbonyl (C=O) groups is 2. The molecule has 0 unspecified atom stereocenters. The van der Waals surface area contributed by atoms with Crippen LogP contribution in [0.1, 0.15) is 65.1 Å². The van der Waals surface area contributed by atoms with Crippen molar-refractivity contribution in [1.29, 1.82) is 0 Å². The SMILES string of the molecule is CC(C)(C)OC(=O)/C=C/c1ccc([C@H]2C[C@@H](O)CN2C(=O)OC(C)(C)C)cc1. The Morgan fingerprint density at radius 2 is 1.61 bits per heavy atom. The van der Waals surface area contributed by atoms with Crippen LogP contribution in [0.25, 0.3) is 6.08 Å². The summed E-state index contributed by atoms with van der Waals surface area (Å²) >= 11 is 0. The van der Waals surface area contributed by atoms with Gasteiger partial charge in [-0.1, -0.05) is 24.3 Å². The van der Waals surface area contributed by atoms with E-state index in [1.807, 2.05) is 65.8 Å². The minimum Gasteiger partial charge on any atom is -0.457 e. The fourth-order valence-electron chi connectivity index (χ4n) is 2.98. The van der Waals surface area contributed by atoms with Crippen molar-refractivity contribution in [3.8, 4) is 0 Å². The molecular weight excluding hydrogens is 358 g/mol. The summed E-state index contributed by atoms with van der Waals surface area (Å²) in [6.07, 6.45) is 2.54. The van der Waals surface area contributed by atoms with Crippen molar-refractivity contribution in [2.75, 3.05) is 6.54 Å². The van der Waals surface area contributed by atoms with Crippen molar-refractivity contribution in [2.45, 2.75) is 71.3 Å². The Hall–Kier alpha value is -2.34. The first-order valence-corrected chi connectivity index (χ1v) is 9.53. The number of aliphatic hydroxyl groups excluding tert-OH is 1. The van der Waals surface area contributed by atoms with Gasteiger partial charge in [0.15, 0.2) is 0 Å². The third-order valence-electron chi connectivity index (χ3n) is 4.05. The number of esters is 1. The number of rotatable bonds is 3. The van der Waals surface area contributed by atoms with Gasteiger partial charge in [0, 0.05) is 6.08 Å². The lowest BCUT2D eigenvalue weighted by molar-refractivity contribution is -0.148. The zero-order chi connectivity index (χ0) is 21.1. The predicted octanol–water partition coefficient (Wildman–Crippen LogP) is 4.08. The van der Waals surface area contributed by atoms with E-state index >= 15 is 0 Å². The Labute approximate surface area is 167 Å². The topological polar surface area (TPSA) is 76.1 Å². The van der Waals surface area contributed by atoms with Gasteiger partial charge in [-0.2, -0.15) is 0 Å². The summed E-state index contributed by atoms with van der Waals surface area (Å²) in [5.74, 6) is -0.397. The highest BCUT2D eigenvalue weighted by molar-refractivity contribution is 5.87. The van der Waals surface area contributed by atoms with E-state index in [2.05, 4.69) is 0 Å². The molecule has 1 amide bonds. The van der Waals surface area contributed by atoms with E-state index in [9.17, 15) is 14.7 Å². The number of carbonyl (C=O) groups excluding carboxylic acids is 2. The Bertz CT molecular complexity index is 725. The zero-order valence-electron chi connectivity index (χ0n) is 17.6. The van der Waals surface area contributed by atoms with Crippen LogP contribution in [0.3, 0.4) is 0 Å². The van der Waals surface area contributed by atoms with Gasteiger partial charge >= 0.3 is 12.1 Å². The highest BCUT2D eigenvalue weighted by atomic mass is 16.6. The van der Waals surface area contributed by atoms with Crippen molar-refractivity contribution in [2.24, 2.45) is 0 Å². The van der Waals surface area contributed by atoms with Crippen LogP contribution >= 0.6 is 0 Å². The average molecular weight is 389 g/mol. The van der Waals surface area contributed by atoms with Crippen molar-refractivity contribution in [3.63, 3.8) is 0 Å². The lowest BCUT2D eigenvalue weighted by Gasteiger charge is -2.28. The number of amides is 1. The van der Waals surface area contributed by atoms with E-state index in [0.717, 1.165) is 11.1 Å². The molecule has 2 rings (SSSR count). The largest absolute Gasteiger partial charge is 0.457 e. The summed E-state index contributed by atoms with van der Waals surface area (Å²) < 4.78 is 10.7. The van der Waals surface area contributed by atoms with Gasteiger partial charge < -0.3 is 14.6 Å². The maximum atomic E-state index is 12.5. The molecule has 0 aliphatic carbocycles. The van der Waals surface area contributed by atoms with E-state index in [1.165, 1.54) is 6.08 Å². The monoisotopic (exact) mass is 389 g/mol. The Balaban J connectivity index is 2.08. The molecule has 1 N–H and O–H groups in total. The molecule has 154 valence electrons. The molecule has 0 bridgehead atoms. The second kappa shape index (κ2) is 8.35. The molecule has 0 saturated carbocycles. The maximum absolute atomic E-state index is 12.5. The summed E-state index contributed by atoms with van der Waals surface area (Å²) in [6.45, 7) is 11.2. The number of likely N-dealkylation sites (tertiary alicyclic amines) is 1. The Morgan fingerprint density at radius 1 is 1.04 bits per heavy atom. The Morgan fingerprint density at radius 3 is 2.14 bits per heavy atom. The smallest absolute Gasteiger partial charge is 0.410 e. The van der Waals surface area contributed by atoms with E-state index in [4.69, 9.17) is 9.47 Å². The molecule has 28 heavy (non-hydrogen) atoms. The molecule has 1 saturated heterocycles. The fourth-order valence-corrected chi connectivity index (χ4v) is 2.98. The van der Waals surface area contributed by atoms with Crippen LogP contribution in [-0.2, 0) is 14.3 Å². The minimum absolute atomic E-state index is 0.242. The van der Waals surface area contributed by atoms with Crippen molar-refractivity contribution < 1.29 is 24.2 Å². The highest BCUT2D eigenvalue weighted by Gasteiger charge is 2.37. The summed E-state index contributed by atoms with van der Waals surface area (Å²) in [6, 6.07) is 7.29. The second-order valence-corrected chi connectivity index (χ2v) is 9.07. The normalized spacial score (nSPS) is 20.5. The zero-order valence-corrected chi connectivity index (χ0v) is 17.6. The molecule has 2 atom stereocenters. The first-order valence-electron chi connectivity index (χ1n) is 9.53. The fraction of sp³-hybridized carbons (Fsp3) is 0.545. The number of benzene rings is 1. The van der Waals surface area contributed by atoms with Crippen LogP contribution in [-0.4, -0.2) is 45.9 Å². The first-order chi connectivity index (χ1) is 12.8. The van der Waals surface area contributed by atoms with E-state index in [0.29, 0.717) is 6.42 Å². The van der Waals surface area contributed by atoms with Gasteiger partial charge in [-0.15, -0.1) is 0 Å². The van der Waals surface area contributed by atoms with E-state index in [-0.39, 0.29) is 12.6 Å². The molecule has 1 heterocycles. The van der Waals surface area contributed by atoms with Crippen molar-refractivity contribution >= 4 is 18.1 Å². The van der Waals surface area contributed by atoms with E-state index < -0.39 is 29.4 Å². The molecule has 1 aliphatic heterocycles. The predicted molar refractivity (Wildman–Crippen MR) is 108 cm³/mol. The van der Waals surface area contributed by atoms with Gasteiger partial charge in [-0.25, -0.2) is 9.59 Å². The molecule has 1 aromatic rings. The van der Waals surface area contributed by atoms with Crippen LogP contribution in [0, 0.1) is 0 Å². The van der Waals surface area contributed by atoms with Gasteiger partial charge in [-0.3, -0.25) is 4.90 Å². The number of hydrogen-bond acceptors (Lipinski definition) is 5. The number of hydrogen-bond donors (Lipinski definition) is 1. The van der Waals surface area contributed by atoms with Gasteiger partial charge in [-0.05, 0) is 65.2 Å². The maximum Gasteiger partial charge on any atom is 0.410 e. The molecule has 1 aliphatic rings. The van der Waals surface area contributed by atoms with Crippen LogP contribution in [0.5, 0.6) is 0 Å². The third kappa shape index (κ3) is 6.68. The van der Waals surface area contributed by atoms with Gasteiger partial charge in [0.05, 0.1) is 18.7 Å². The molecule has 1 aromatic carbocycles. The number of β-amino-alcohol motifs (C(OH)–C–C–N with tert-alkyl or cyclic N) is 1. The summed E-state index contributed by atoms with van der Waals surface area (Å²) in [5, 5.41) is 10.1. The van der Waals surface area contributed by atoms with Crippen LogP contribution in [0.4, 0.5) is 4.79 Å². The van der Waals surface area contributed by atoms with Gasteiger partial charge in [0.1, 0.15) is 11.2 Å². The minimum atomic E-state index is -0.592. The second-order valence-electron chi connectivity index (χ2n) is 9.07. The van der Waals surface area contributed by atoms with Crippen LogP contribution in [0.2, 0.25) is 0 Å². The molecule has 1 fully saturated rings. The lowest BCUT2D eigenvalue weighted by atomic mass is 10.0. The van der Waals surface area contributed by atoms with Crippen LogP contribution < -0.4 is 0 Å². The highest BCUT2D eigenvalue weighted by Crippen LogP contribution is 2.33. The number of ether oxygens (including phenoxy) is 2. The standard InChI is InChI=1S/C22H31NO5/c1-21(2,3)27-19(25)12-9-15-7-10-16(11-8-15)18-13-17(24)14-23(18)20(26)28-22(4,5)6/h7-12,17-18,24H,13-14H2,1-6H3/b12-9+/t17-,18-/m1/s1.